The summed E-state index contributed by atoms with van der Waals surface area (Å²) >= 11 is 1.38. The molecular formula is C12H19N3OS. The van der Waals surface area contributed by atoms with Crippen LogP contribution >= 0.6 is 11.3 Å². The molecule has 1 aliphatic rings. The Bertz CT molecular complexity index is 396. The van der Waals surface area contributed by atoms with E-state index in [2.05, 4.69) is 17.2 Å². The summed E-state index contributed by atoms with van der Waals surface area (Å²) in [6.45, 7) is 3.03. The van der Waals surface area contributed by atoms with Crippen LogP contribution in [0.1, 0.15) is 38.3 Å². The monoisotopic (exact) mass is 253 g/mol. The number of nitrogens with two attached hydrogens (primary N) is 1. The molecule has 0 saturated heterocycles. The van der Waals surface area contributed by atoms with E-state index in [4.69, 9.17) is 5.73 Å². The van der Waals surface area contributed by atoms with Crippen molar-refractivity contribution in [3.63, 3.8) is 0 Å². The van der Waals surface area contributed by atoms with Gasteiger partial charge in [-0.1, -0.05) is 19.8 Å². The Morgan fingerprint density at radius 2 is 2.29 bits per heavy atom. The molecule has 1 heterocycles. The zero-order valence-electron chi connectivity index (χ0n) is 10.2. The van der Waals surface area contributed by atoms with Gasteiger partial charge in [-0.15, -0.1) is 11.3 Å². The molecule has 94 valence electrons. The van der Waals surface area contributed by atoms with Crippen molar-refractivity contribution in [1.82, 2.24) is 10.3 Å². The average molecular weight is 253 g/mol. The largest absolute Gasteiger partial charge is 0.375 e. The summed E-state index contributed by atoms with van der Waals surface area (Å²) < 4.78 is 0. The van der Waals surface area contributed by atoms with E-state index in [0.717, 1.165) is 12.2 Å². The highest BCUT2D eigenvalue weighted by Crippen LogP contribution is 2.36. The van der Waals surface area contributed by atoms with Crippen molar-refractivity contribution in [2.24, 2.45) is 5.41 Å². The lowest BCUT2D eigenvalue weighted by Gasteiger charge is -2.23. The molecule has 1 aromatic heterocycles. The van der Waals surface area contributed by atoms with E-state index in [1.165, 1.54) is 37.0 Å². The van der Waals surface area contributed by atoms with Crippen molar-refractivity contribution in [1.29, 1.82) is 0 Å². The number of hydrogen-bond donors (Lipinski definition) is 2. The van der Waals surface area contributed by atoms with Gasteiger partial charge in [0.05, 0.1) is 12.1 Å². The molecule has 1 saturated carbocycles. The van der Waals surface area contributed by atoms with Gasteiger partial charge in [0.1, 0.15) is 0 Å². The van der Waals surface area contributed by atoms with Gasteiger partial charge in [0.2, 0.25) is 5.91 Å². The molecule has 17 heavy (non-hydrogen) atoms. The highest BCUT2D eigenvalue weighted by atomic mass is 32.1. The standard InChI is InChI=1S/C12H19N3OS/c1-12(4-2-3-5-12)8-14-10(16)6-9-7-17-11(13)15-9/h7H,2-6,8H2,1H3,(H2,13,15)(H,14,16). The quantitative estimate of drug-likeness (QED) is 0.862. The number of nitrogen functional groups attached to an aromatic ring is 1. The number of carbonyl (C=O) groups is 1. The Kier molecular flexibility index (Phi) is 3.66. The van der Waals surface area contributed by atoms with Gasteiger partial charge in [-0.05, 0) is 18.3 Å². The molecule has 5 heteroatoms. The van der Waals surface area contributed by atoms with Gasteiger partial charge in [0.15, 0.2) is 5.13 Å². The van der Waals surface area contributed by atoms with Crippen molar-refractivity contribution >= 4 is 22.4 Å². The normalized spacial score (nSPS) is 18.2. The summed E-state index contributed by atoms with van der Waals surface area (Å²) in [4.78, 5) is 15.8. The molecule has 0 atom stereocenters. The Morgan fingerprint density at radius 1 is 1.59 bits per heavy atom. The zero-order chi connectivity index (χ0) is 12.3. The first-order valence-corrected chi connectivity index (χ1v) is 6.92. The number of anilines is 1. The van der Waals surface area contributed by atoms with Crippen LogP contribution in [0.4, 0.5) is 5.13 Å². The third-order valence-electron chi connectivity index (χ3n) is 3.43. The molecule has 1 aliphatic carbocycles. The van der Waals surface area contributed by atoms with Crippen LogP contribution in [0.3, 0.4) is 0 Å². The predicted molar refractivity (Wildman–Crippen MR) is 69.8 cm³/mol. The number of hydrogen-bond acceptors (Lipinski definition) is 4. The Morgan fingerprint density at radius 3 is 2.88 bits per heavy atom. The van der Waals surface area contributed by atoms with Gasteiger partial charge in [0, 0.05) is 11.9 Å². The van der Waals surface area contributed by atoms with Crippen molar-refractivity contribution < 1.29 is 4.79 Å². The third-order valence-corrected chi connectivity index (χ3v) is 4.16. The summed E-state index contributed by atoms with van der Waals surface area (Å²) in [6, 6.07) is 0. The molecule has 1 fully saturated rings. The smallest absolute Gasteiger partial charge is 0.226 e. The molecule has 3 N–H and O–H groups in total. The van der Waals surface area contributed by atoms with E-state index in [9.17, 15) is 4.79 Å². The van der Waals surface area contributed by atoms with Crippen molar-refractivity contribution in [3.8, 4) is 0 Å². The number of nitrogens with zero attached hydrogens (tertiary/aromatic N) is 1. The second-order valence-corrected chi connectivity index (χ2v) is 6.04. The maximum atomic E-state index is 11.7. The Labute approximate surface area is 106 Å². The number of nitrogens with one attached hydrogen (secondary N) is 1. The topological polar surface area (TPSA) is 68.0 Å². The molecule has 0 aromatic carbocycles. The molecule has 0 bridgehead atoms. The minimum absolute atomic E-state index is 0.0448. The maximum Gasteiger partial charge on any atom is 0.226 e. The van der Waals surface area contributed by atoms with E-state index in [1.807, 2.05) is 5.38 Å². The Hall–Kier alpha value is -1.10. The first-order chi connectivity index (χ1) is 8.07. The highest BCUT2D eigenvalue weighted by molar-refractivity contribution is 7.13. The highest BCUT2D eigenvalue weighted by Gasteiger charge is 2.28. The van der Waals surface area contributed by atoms with Gasteiger partial charge < -0.3 is 11.1 Å². The van der Waals surface area contributed by atoms with Crippen LogP contribution in [0, 0.1) is 5.41 Å². The van der Waals surface area contributed by atoms with Crippen LogP contribution < -0.4 is 11.1 Å². The van der Waals surface area contributed by atoms with E-state index in [1.54, 1.807) is 0 Å². The molecule has 0 unspecified atom stereocenters. The van der Waals surface area contributed by atoms with Gasteiger partial charge in [0.25, 0.3) is 0 Å². The summed E-state index contributed by atoms with van der Waals surface area (Å²) in [5.41, 5.74) is 6.59. The number of rotatable bonds is 4. The van der Waals surface area contributed by atoms with Crippen molar-refractivity contribution in [3.05, 3.63) is 11.1 Å². The molecule has 1 amide bonds. The van der Waals surface area contributed by atoms with E-state index >= 15 is 0 Å². The van der Waals surface area contributed by atoms with Gasteiger partial charge in [-0.25, -0.2) is 4.98 Å². The van der Waals surface area contributed by atoms with Crippen LogP contribution in [0.2, 0.25) is 0 Å². The third kappa shape index (κ3) is 3.43. The second kappa shape index (κ2) is 5.04. The SMILES string of the molecule is CC1(CNC(=O)Cc2csc(N)n2)CCCC1. The molecule has 0 radical (unpaired) electrons. The maximum absolute atomic E-state index is 11.7. The molecule has 2 rings (SSSR count). The van der Waals surface area contributed by atoms with Gasteiger partial charge in [-0.2, -0.15) is 0 Å². The summed E-state index contributed by atoms with van der Waals surface area (Å²) in [5, 5.41) is 5.37. The van der Waals surface area contributed by atoms with Crippen LogP contribution in [0.5, 0.6) is 0 Å². The molecule has 0 spiro atoms. The molecular weight excluding hydrogens is 234 g/mol. The fraction of sp³-hybridized carbons (Fsp3) is 0.667. The number of aromatic nitrogens is 1. The van der Waals surface area contributed by atoms with Crippen LogP contribution in [-0.2, 0) is 11.2 Å². The summed E-state index contributed by atoms with van der Waals surface area (Å²) in [5.74, 6) is 0.0448. The summed E-state index contributed by atoms with van der Waals surface area (Å²) in [7, 11) is 0. The van der Waals surface area contributed by atoms with Gasteiger partial charge >= 0.3 is 0 Å². The first kappa shape index (κ1) is 12.4. The van der Waals surface area contributed by atoms with Crippen LogP contribution in [0.25, 0.3) is 0 Å². The number of thiazole rings is 1. The molecule has 4 nitrogen and oxygen atoms in total. The molecule has 1 aromatic rings. The van der Waals surface area contributed by atoms with Crippen molar-refractivity contribution in [2.75, 3.05) is 12.3 Å². The lowest BCUT2D eigenvalue weighted by molar-refractivity contribution is -0.120. The predicted octanol–water partition coefficient (Wildman–Crippen LogP) is 1.96. The fourth-order valence-electron chi connectivity index (χ4n) is 2.35. The fourth-order valence-corrected chi connectivity index (χ4v) is 2.91. The zero-order valence-corrected chi connectivity index (χ0v) is 11.0. The number of amides is 1. The van der Waals surface area contributed by atoms with E-state index in [-0.39, 0.29) is 5.91 Å². The van der Waals surface area contributed by atoms with Crippen molar-refractivity contribution in [2.45, 2.75) is 39.0 Å². The van der Waals surface area contributed by atoms with Crippen LogP contribution in [0.15, 0.2) is 5.38 Å². The second-order valence-electron chi connectivity index (χ2n) is 5.15. The average Bonchev–Trinajstić information content (AvgIpc) is 2.86. The minimum Gasteiger partial charge on any atom is -0.375 e. The lowest BCUT2D eigenvalue weighted by atomic mass is 9.89. The van der Waals surface area contributed by atoms with E-state index < -0.39 is 0 Å². The Balaban J connectivity index is 1.77. The van der Waals surface area contributed by atoms with Crippen LogP contribution in [-0.4, -0.2) is 17.4 Å². The van der Waals surface area contributed by atoms with Gasteiger partial charge in [-0.3, -0.25) is 4.79 Å². The molecule has 0 aliphatic heterocycles. The summed E-state index contributed by atoms with van der Waals surface area (Å²) in [6.07, 6.45) is 5.35. The number of carbonyl (C=O) groups excluding carboxylic acids is 1. The first-order valence-electron chi connectivity index (χ1n) is 6.04. The van der Waals surface area contributed by atoms with E-state index in [0.29, 0.717) is 17.0 Å². The minimum atomic E-state index is 0.0448. The lowest BCUT2D eigenvalue weighted by Crippen LogP contribution is -2.35.